The number of hydrogen-bond acceptors (Lipinski definition) is 3. The fraction of sp³-hybridized carbons (Fsp3) is 0.385. The molecule has 0 saturated heterocycles. The van der Waals surface area contributed by atoms with Crippen LogP contribution in [-0.2, 0) is 6.54 Å². The van der Waals surface area contributed by atoms with Crippen LogP contribution >= 0.6 is 11.3 Å². The Labute approximate surface area is 108 Å². The first kappa shape index (κ1) is 13.4. The normalized spacial score (nSPS) is 11.8. The van der Waals surface area contributed by atoms with Gasteiger partial charge in [0.25, 0.3) is 6.43 Å². The van der Waals surface area contributed by atoms with Gasteiger partial charge in [-0.25, -0.2) is 8.78 Å². The highest BCUT2D eigenvalue weighted by Gasteiger charge is 2.14. The van der Waals surface area contributed by atoms with Crippen molar-refractivity contribution in [1.82, 2.24) is 4.90 Å². The Kier molecular flexibility index (Phi) is 4.63. The number of rotatable bonds is 6. The molecule has 2 nitrogen and oxygen atoms in total. The maximum atomic E-state index is 12.4. The summed E-state index contributed by atoms with van der Waals surface area (Å²) in [6.45, 7) is 0.322. The third-order valence-corrected chi connectivity index (χ3v) is 3.78. The van der Waals surface area contributed by atoms with Gasteiger partial charge in [-0.3, -0.25) is 4.90 Å². The van der Waals surface area contributed by atoms with E-state index in [9.17, 15) is 8.78 Å². The summed E-state index contributed by atoms with van der Waals surface area (Å²) in [4.78, 5) is 1.58. The number of aliphatic hydroxyl groups excluding tert-OH is 1. The van der Waals surface area contributed by atoms with E-state index in [1.807, 2.05) is 29.6 Å². The minimum atomic E-state index is -2.37. The lowest BCUT2D eigenvalue weighted by molar-refractivity contribution is 0.0749. The third kappa shape index (κ3) is 3.25. The minimum Gasteiger partial charge on any atom is -0.395 e. The van der Waals surface area contributed by atoms with E-state index in [1.54, 1.807) is 16.2 Å². The van der Waals surface area contributed by atoms with Crippen LogP contribution in [0.3, 0.4) is 0 Å². The van der Waals surface area contributed by atoms with Crippen molar-refractivity contribution in [3.8, 4) is 0 Å². The zero-order valence-corrected chi connectivity index (χ0v) is 10.7. The topological polar surface area (TPSA) is 23.5 Å². The van der Waals surface area contributed by atoms with Crippen molar-refractivity contribution < 1.29 is 13.9 Å². The van der Waals surface area contributed by atoms with Gasteiger partial charge in [-0.1, -0.05) is 18.2 Å². The predicted molar refractivity (Wildman–Crippen MR) is 70.2 cm³/mol. The number of halogens is 2. The summed E-state index contributed by atoms with van der Waals surface area (Å²) in [5.41, 5.74) is 1.05. The van der Waals surface area contributed by atoms with E-state index in [0.717, 1.165) is 15.6 Å². The van der Waals surface area contributed by atoms with Crippen molar-refractivity contribution in [1.29, 1.82) is 0 Å². The van der Waals surface area contributed by atoms with Crippen molar-refractivity contribution in [3.05, 3.63) is 35.2 Å². The van der Waals surface area contributed by atoms with Gasteiger partial charge in [0.1, 0.15) is 0 Å². The molecule has 0 saturated carbocycles. The first-order valence-electron chi connectivity index (χ1n) is 5.77. The molecule has 1 aromatic heterocycles. The lowest BCUT2D eigenvalue weighted by atomic mass is 10.1. The Bertz CT molecular complexity index is 500. The van der Waals surface area contributed by atoms with Crippen LogP contribution < -0.4 is 0 Å². The van der Waals surface area contributed by atoms with E-state index in [1.165, 1.54) is 0 Å². The summed E-state index contributed by atoms with van der Waals surface area (Å²) >= 11 is 1.62. The highest BCUT2D eigenvalue weighted by atomic mass is 32.1. The van der Waals surface area contributed by atoms with Crippen LogP contribution in [0.2, 0.25) is 0 Å². The van der Waals surface area contributed by atoms with E-state index in [0.29, 0.717) is 6.54 Å². The Morgan fingerprint density at radius 3 is 2.78 bits per heavy atom. The van der Waals surface area contributed by atoms with Gasteiger partial charge in [-0.2, -0.15) is 0 Å². The molecule has 1 heterocycles. The molecule has 0 fully saturated rings. The third-order valence-electron chi connectivity index (χ3n) is 2.77. The standard InChI is InChI=1S/C13H15F2NOS/c14-13(15)8-16(5-6-17)7-10-9-18-12-4-2-1-3-11(10)12/h1-4,9,13,17H,5-8H2. The second kappa shape index (κ2) is 6.22. The molecule has 0 amide bonds. The molecule has 0 aliphatic rings. The number of alkyl halides is 2. The average molecular weight is 271 g/mol. The summed E-state index contributed by atoms with van der Waals surface area (Å²) < 4.78 is 26.0. The van der Waals surface area contributed by atoms with Crippen LogP contribution in [0.15, 0.2) is 29.6 Å². The van der Waals surface area contributed by atoms with Crippen LogP contribution in [0.1, 0.15) is 5.56 Å². The van der Waals surface area contributed by atoms with E-state index in [2.05, 4.69) is 0 Å². The summed E-state index contributed by atoms with van der Waals surface area (Å²) in [6.07, 6.45) is -2.37. The zero-order chi connectivity index (χ0) is 13.0. The zero-order valence-electron chi connectivity index (χ0n) is 9.85. The summed E-state index contributed by atoms with van der Waals surface area (Å²) in [5.74, 6) is 0. The fourth-order valence-corrected chi connectivity index (χ4v) is 2.92. The Balaban J connectivity index is 2.15. The van der Waals surface area contributed by atoms with Crippen LogP contribution in [0.25, 0.3) is 10.1 Å². The molecular weight excluding hydrogens is 256 g/mol. The number of hydrogen-bond donors (Lipinski definition) is 1. The van der Waals surface area contributed by atoms with Gasteiger partial charge in [-0.05, 0) is 22.4 Å². The molecule has 0 unspecified atom stereocenters. The molecule has 1 aromatic carbocycles. The first-order valence-corrected chi connectivity index (χ1v) is 6.65. The molecule has 5 heteroatoms. The molecule has 0 spiro atoms. The highest BCUT2D eigenvalue weighted by molar-refractivity contribution is 7.17. The molecule has 0 bridgehead atoms. The van der Waals surface area contributed by atoms with E-state index in [4.69, 9.17) is 5.11 Å². The quantitative estimate of drug-likeness (QED) is 0.873. The van der Waals surface area contributed by atoms with Gasteiger partial charge in [0, 0.05) is 17.8 Å². The summed E-state index contributed by atoms with van der Waals surface area (Å²) in [7, 11) is 0. The van der Waals surface area contributed by atoms with Crippen molar-refractivity contribution in [2.75, 3.05) is 19.7 Å². The SMILES string of the molecule is OCCN(Cc1csc2ccccc12)CC(F)F. The van der Waals surface area contributed by atoms with Crippen LogP contribution in [-0.4, -0.2) is 36.1 Å². The van der Waals surface area contributed by atoms with Crippen LogP contribution in [0.5, 0.6) is 0 Å². The lowest BCUT2D eigenvalue weighted by Crippen LogP contribution is -2.31. The molecule has 18 heavy (non-hydrogen) atoms. The second-order valence-corrected chi connectivity index (χ2v) is 5.02. The van der Waals surface area contributed by atoms with Crippen molar-refractivity contribution in [2.24, 2.45) is 0 Å². The van der Waals surface area contributed by atoms with Gasteiger partial charge in [0.05, 0.1) is 13.2 Å². The number of fused-ring (bicyclic) bond motifs is 1. The van der Waals surface area contributed by atoms with E-state index in [-0.39, 0.29) is 19.7 Å². The smallest absolute Gasteiger partial charge is 0.251 e. The van der Waals surface area contributed by atoms with E-state index >= 15 is 0 Å². The molecular formula is C13H15F2NOS. The summed E-state index contributed by atoms with van der Waals surface area (Å²) in [6, 6.07) is 7.93. The Hall–Kier alpha value is -1.04. The minimum absolute atomic E-state index is 0.102. The highest BCUT2D eigenvalue weighted by Crippen LogP contribution is 2.26. The lowest BCUT2D eigenvalue weighted by Gasteiger charge is -2.20. The molecule has 98 valence electrons. The monoisotopic (exact) mass is 271 g/mol. The Morgan fingerprint density at radius 2 is 2.06 bits per heavy atom. The molecule has 0 aliphatic heterocycles. The number of aliphatic hydroxyl groups is 1. The van der Waals surface area contributed by atoms with Gasteiger partial charge in [0.2, 0.25) is 0 Å². The molecule has 0 atom stereocenters. The van der Waals surface area contributed by atoms with Crippen molar-refractivity contribution >= 4 is 21.4 Å². The largest absolute Gasteiger partial charge is 0.395 e. The number of benzene rings is 1. The fourth-order valence-electron chi connectivity index (χ4n) is 1.97. The molecule has 0 aliphatic carbocycles. The van der Waals surface area contributed by atoms with Gasteiger partial charge in [0.15, 0.2) is 0 Å². The molecule has 0 radical (unpaired) electrons. The van der Waals surface area contributed by atoms with Gasteiger partial charge >= 0.3 is 0 Å². The first-order chi connectivity index (χ1) is 8.70. The predicted octanol–water partition coefficient (Wildman–Crippen LogP) is 2.96. The van der Waals surface area contributed by atoms with Gasteiger partial charge < -0.3 is 5.11 Å². The molecule has 1 N–H and O–H groups in total. The van der Waals surface area contributed by atoms with E-state index < -0.39 is 6.43 Å². The molecule has 2 aromatic rings. The van der Waals surface area contributed by atoms with Crippen LogP contribution in [0.4, 0.5) is 8.78 Å². The second-order valence-electron chi connectivity index (χ2n) is 4.11. The number of thiophene rings is 1. The van der Waals surface area contributed by atoms with Crippen LogP contribution in [0, 0.1) is 0 Å². The van der Waals surface area contributed by atoms with Gasteiger partial charge in [-0.15, -0.1) is 11.3 Å². The average Bonchev–Trinajstić information content (AvgIpc) is 2.72. The van der Waals surface area contributed by atoms with Crippen molar-refractivity contribution in [2.45, 2.75) is 13.0 Å². The molecule has 2 rings (SSSR count). The Morgan fingerprint density at radius 1 is 1.28 bits per heavy atom. The van der Waals surface area contributed by atoms with Crippen molar-refractivity contribution in [3.63, 3.8) is 0 Å². The number of nitrogens with zero attached hydrogens (tertiary/aromatic N) is 1. The maximum Gasteiger partial charge on any atom is 0.251 e. The maximum absolute atomic E-state index is 12.4. The summed E-state index contributed by atoms with van der Waals surface area (Å²) in [5, 5.41) is 12.0.